The van der Waals surface area contributed by atoms with Crippen LogP contribution in [0, 0.1) is 11.3 Å². The van der Waals surface area contributed by atoms with Gasteiger partial charge in [-0.15, -0.1) is 0 Å². The Morgan fingerprint density at radius 3 is 2.81 bits per heavy atom. The Hall–Kier alpha value is -1.98. The molecule has 3 unspecified atom stereocenters. The molecule has 0 aromatic rings. The van der Waals surface area contributed by atoms with Crippen molar-refractivity contribution in [2.24, 2.45) is 16.3 Å². The SMILES string of the molecule is CCCCCCCCC12C=CC=C3N=CC(=C31)C[C@@H]1C2=C[C@@H](C(=O)OC2CCCC(OC)C2)CN1C. The number of allylic oxidation sites excluding steroid dienone is 4. The van der Waals surface area contributed by atoms with E-state index in [1.165, 1.54) is 55.2 Å². The number of fused-ring (bicyclic) bond motifs is 2. The van der Waals surface area contributed by atoms with Crippen LogP contribution in [0.15, 0.2) is 51.7 Å². The van der Waals surface area contributed by atoms with Gasteiger partial charge >= 0.3 is 5.97 Å². The summed E-state index contributed by atoms with van der Waals surface area (Å²) in [7, 11) is 3.94. The van der Waals surface area contributed by atoms with Gasteiger partial charge in [-0.3, -0.25) is 14.7 Å². The van der Waals surface area contributed by atoms with Crippen LogP contribution in [0.2, 0.25) is 0 Å². The van der Waals surface area contributed by atoms with E-state index in [-0.39, 0.29) is 29.5 Å². The Balaban J connectivity index is 1.38. The third-order valence-electron chi connectivity index (χ3n) is 9.12. The fraction of sp³-hybridized carbons (Fsp3) is 0.677. The quantitative estimate of drug-likeness (QED) is 0.203. The van der Waals surface area contributed by atoms with Crippen LogP contribution in [0.25, 0.3) is 0 Å². The molecule has 3 aliphatic carbocycles. The number of unbranched alkanes of at least 4 members (excludes halogenated alkanes) is 5. The van der Waals surface area contributed by atoms with Crippen molar-refractivity contribution in [3.8, 4) is 0 Å². The molecule has 0 N–H and O–H groups in total. The summed E-state index contributed by atoms with van der Waals surface area (Å²) in [5.74, 6) is -0.292. The van der Waals surface area contributed by atoms with Crippen LogP contribution < -0.4 is 0 Å². The molecule has 2 aliphatic heterocycles. The second-order valence-corrected chi connectivity index (χ2v) is 11.5. The molecule has 196 valence electrons. The molecule has 5 heteroatoms. The second kappa shape index (κ2) is 11.2. The number of methoxy groups -OCH3 is 1. The van der Waals surface area contributed by atoms with E-state index in [2.05, 4.69) is 49.4 Å². The Morgan fingerprint density at radius 2 is 1.97 bits per heavy atom. The van der Waals surface area contributed by atoms with Crippen LogP contribution in [0.4, 0.5) is 0 Å². The highest BCUT2D eigenvalue weighted by molar-refractivity contribution is 5.90. The summed E-state index contributed by atoms with van der Waals surface area (Å²) >= 11 is 0. The molecule has 0 radical (unpaired) electrons. The molecule has 0 aromatic carbocycles. The molecule has 2 heterocycles. The molecular formula is C31H44N2O3. The van der Waals surface area contributed by atoms with Crippen molar-refractivity contribution in [1.82, 2.24) is 4.90 Å². The number of hydrogen-bond donors (Lipinski definition) is 0. The first kappa shape index (κ1) is 25.7. The first-order valence-corrected chi connectivity index (χ1v) is 14.4. The predicted molar refractivity (Wildman–Crippen MR) is 145 cm³/mol. The number of likely N-dealkylation sites (N-methyl/N-ethyl adjacent to an activating group) is 1. The van der Waals surface area contributed by atoms with Crippen molar-refractivity contribution in [2.45, 2.75) is 102 Å². The van der Waals surface area contributed by atoms with Crippen molar-refractivity contribution in [3.63, 3.8) is 0 Å². The topological polar surface area (TPSA) is 51.1 Å². The van der Waals surface area contributed by atoms with Gasteiger partial charge in [0.05, 0.1) is 17.7 Å². The third kappa shape index (κ3) is 4.93. The normalized spacial score (nSPS) is 33.2. The zero-order chi connectivity index (χ0) is 25.1. The van der Waals surface area contributed by atoms with E-state index in [1.54, 1.807) is 7.11 Å². The van der Waals surface area contributed by atoms with Gasteiger partial charge in [0.2, 0.25) is 0 Å². The van der Waals surface area contributed by atoms with E-state index in [9.17, 15) is 4.79 Å². The predicted octanol–water partition coefficient (Wildman–Crippen LogP) is 6.32. The van der Waals surface area contributed by atoms with Crippen molar-refractivity contribution >= 4 is 12.2 Å². The Labute approximate surface area is 217 Å². The van der Waals surface area contributed by atoms with Crippen LogP contribution in [0.3, 0.4) is 0 Å². The van der Waals surface area contributed by atoms with E-state index < -0.39 is 0 Å². The highest BCUT2D eigenvalue weighted by Gasteiger charge is 2.50. The lowest BCUT2D eigenvalue weighted by Crippen LogP contribution is -2.50. The summed E-state index contributed by atoms with van der Waals surface area (Å²) in [4.78, 5) is 20.6. The summed E-state index contributed by atoms with van der Waals surface area (Å²) in [6.45, 7) is 2.99. The zero-order valence-electron chi connectivity index (χ0n) is 22.5. The molecule has 1 saturated carbocycles. The summed E-state index contributed by atoms with van der Waals surface area (Å²) in [6.07, 6.45) is 25.0. The zero-order valence-corrected chi connectivity index (χ0v) is 22.5. The molecule has 5 aliphatic rings. The Bertz CT molecular complexity index is 990. The smallest absolute Gasteiger partial charge is 0.314 e. The van der Waals surface area contributed by atoms with E-state index >= 15 is 0 Å². The number of nitrogens with zero attached hydrogens (tertiary/aromatic N) is 2. The average molecular weight is 493 g/mol. The van der Waals surface area contributed by atoms with Crippen molar-refractivity contribution < 1.29 is 14.3 Å². The summed E-state index contributed by atoms with van der Waals surface area (Å²) in [6, 6.07) is 0.314. The molecule has 5 atom stereocenters. The molecule has 5 nitrogen and oxygen atoms in total. The summed E-state index contributed by atoms with van der Waals surface area (Å²) < 4.78 is 11.7. The highest BCUT2D eigenvalue weighted by Crippen LogP contribution is 2.57. The maximum atomic E-state index is 13.4. The lowest BCUT2D eigenvalue weighted by atomic mass is 9.59. The van der Waals surface area contributed by atoms with Crippen LogP contribution in [0.1, 0.15) is 84.0 Å². The molecule has 0 aromatic heterocycles. The average Bonchev–Trinajstić information content (AvgIpc) is 3.31. The van der Waals surface area contributed by atoms with Crippen LogP contribution in [-0.4, -0.2) is 56.0 Å². The van der Waals surface area contributed by atoms with Gasteiger partial charge in [0.25, 0.3) is 0 Å². The van der Waals surface area contributed by atoms with Crippen LogP contribution >= 0.6 is 0 Å². The molecule has 0 saturated heterocycles. The Kier molecular flexibility index (Phi) is 7.97. The molecule has 1 fully saturated rings. The van der Waals surface area contributed by atoms with Gasteiger partial charge in [-0.2, -0.15) is 0 Å². The number of rotatable bonds is 10. The van der Waals surface area contributed by atoms with Crippen molar-refractivity contribution in [3.05, 3.63) is 46.7 Å². The fourth-order valence-electron chi connectivity index (χ4n) is 7.19. The van der Waals surface area contributed by atoms with Crippen molar-refractivity contribution in [2.75, 3.05) is 20.7 Å². The van der Waals surface area contributed by atoms with Gasteiger partial charge in [-0.1, -0.05) is 63.7 Å². The third-order valence-corrected chi connectivity index (χ3v) is 9.12. The largest absolute Gasteiger partial charge is 0.462 e. The van der Waals surface area contributed by atoms with Gasteiger partial charge in [-0.25, -0.2) is 0 Å². The van der Waals surface area contributed by atoms with Gasteiger partial charge in [0, 0.05) is 37.7 Å². The minimum Gasteiger partial charge on any atom is -0.462 e. The van der Waals surface area contributed by atoms with Gasteiger partial charge < -0.3 is 9.47 Å². The van der Waals surface area contributed by atoms with E-state index in [1.807, 2.05) is 0 Å². The number of ether oxygens (including phenoxy) is 2. The monoisotopic (exact) mass is 492 g/mol. The lowest BCUT2D eigenvalue weighted by Gasteiger charge is -2.50. The molecule has 0 spiro atoms. The minimum absolute atomic E-state index is 0.0253. The van der Waals surface area contributed by atoms with E-state index in [4.69, 9.17) is 14.5 Å². The van der Waals surface area contributed by atoms with Crippen molar-refractivity contribution in [1.29, 1.82) is 0 Å². The van der Waals surface area contributed by atoms with Crippen LogP contribution in [-0.2, 0) is 14.3 Å². The minimum atomic E-state index is -0.224. The number of aliphatic imine (C=N–C) groups is 1. The first-order valence-electron chi connectivity index (χ1n) is 14.4. The standard InChI is InChI=1S/C31H44N2O3/c1-4-5-6-7-8-9-15-31-16-11-14-27-29(31)22(20-32-27)18-28-26(31)17-23(21-33(28)2)30(34)36-25-13-10-12-24(19-25)35-3/h11,14,16-17,20,23-25,28H,4-10,12-13,15,18-19,21H2,1-3H3/t23-,24?,25?,28-,31?/m1/s1. The van der Waals surface area contributed by atoms with E-state index in [0.29, 0.717) is 12.6 Å². The number of carbonyl (C=O) groups excluding carboxylic acids is 1. The maximum absolute atomic E-state index is 13.4. The first-order chi connectivity index (χ1) is 17.6. The number of carbonyl (C=O) groups is 1. The Morgan fingerprint density at radius 1 is 1.17 bits per heavy atom. The molecule has 5 rings (SSSR count). The van der Waals surface area contributed by atoms with Crippen LogP contribution in [0.5, 0.6) is 0 Å². The summed E-state index contributed by atoms with van der Waals surface area (Å²) in [5.41, 5.74) is 5.16. The fourth-order valence-corrected chi connectivity index (χ4v) is 7.19. The second-order valence-electron chi connectivity index (χ2n) is 11.5. The molecule has 36 heavy (non-hydrogen) atoms. The number of hydrogen-bond acceptors (Lipinski definition) is 5. The maximum Gasteiger partial charge on any atom is 0.314 e. The highest BCUT2D eigenvalue weighted by atomic mass is 16.5. The number of esters is 1. The molecule has 0 bridgehead atoms. The molecular weight excluding hydrogens is 448 g/mol. The van der Waals surface area contributed by atoms with E-state index in [0.717, 1.165) is 44.2 Å². The lowest BCUT2D eigenvalue weighted by molar-refractivity contribution is -0.156. The van der Waals surface area contributed by atoms with Gasteiger partial charge in [0.15, 0.2) is 0 Å². The molecule has 0 amide bonds. The summed E-state index contributed by atoms with van der Waals surface area (Å²) in [5, 5.41) is 0. The van der Waals surface area contributed by atoms with Gasteiger partial charge in [0.1, 0.15) is 6.10 Å². The van der Waals surface area contributed by atoms with Gasteiger partial charge in [-0.05, 0) is 61.9 Å².